The summed E-state index contributed by atoms with van der Waals surface area (Å²) in [7, 11) is 0. The molecule has 1 nitrogen and oxygen atoms in total. The number of rotatable bonds is 2. The fourth-order valence-electron chi connectivity index (χ4n) is 3.37. The minimum absolute atomic E-state index is 0.0621. The summed E-state index contributed by atoms with van der Waals surface area (Å²) >= 11 is 0. The topological polar surface area (TPSA) is 26.0 Å². The highest BCUT2D eigenvalue weighted by Crippen LogP contribution is 2.46. The molecule has 0 unspecified atom stereocenters. The van der Waals surface area contributed by atoms with Gasteiger partial charge in [0.25, 0.3) is 0 Å². The van der Waals surface area contributed by atoms with E-state index in [2.05, 4.69) is 24.3 Å². The second kappa shape index (κ2) is 4.81. The molecule has 20 heavy (non-hydrogen) atoms. The number of nitrogens with two attached hydrogens (primary N) is 1. The minimum atomic E-state index is -2.52. The maximum absolute atomic E-state index is 13.5. The lowest BCUT2D eigenvalue weighted by Gasteiger charge is -2.40. The summed E-state index contributed by atoms with van der Waals surface area (Å²) in [6.07, 6.45) is 0.801. The number of halogens is 2. The summed E-state index contributed by atoms with van der Waals surface area (Å²) in [5, 5.41) is 2.29. The Labute approximate surface area is 117 Å². The highest BCUT2D eigenvalue weighted by molar-refractivity contribution is 5.86. The molecule has 1 saturated carbocycles. The molecule has 2 aromatic rings. The average molecular weight is 275 g/mol. The van der Waals surface area contributed by atoms with Crippen LogP contribution in [0.15, 0.2) is 42.5 Å². The zero-order valence-corrected chi connectivity index (χ0v) is 11.4. The Kier molecular flexibility index (Phi) is 3.25. The fraction of sp³-hybridized carbons (Fsp3) is 0.412. The molecule has 1 aliphatic rings. The number of alkyl halides is 2. The maximum Gasteiger partial charge on any atom is 0.248 e. The van der Waals surface area contributed by atoms with Gasteiger partial charge in [-0.1, -0.05) is 42.5 Å². The van der Waals surface area contributed by atoms with E-state index in [0.717, 1.165) is 16.3 Å². The smallest absolute Gasteiger partial charge is 0.248 e. The molecule has 0 radical (unpaired) electrons. The largest absolute Gasteiger partial charge is 0.330 e. The second-order valence-electron chi connectivity index (χ2n) is 5.87. The Morgan fingerprint density at radius 2 is 1.55 bits per heavy atom. The van der Waals surface area contributed by atoms with E-state index in [4.69, 9.17) is 5.73 Å². The molecular formula is C17H19F2N. The summed E-state index contributed by atoms with van der Waals surface area (Å²) in [5.41, 5.74) is 6.83. The lowest BCUT2D eigenvalue weighted by molar-refractivity contribution is -0.0507. The Morgan fingerprint density at radius 1 is 0.900 bits per heavy atom. The van der Waals surface area contributed by atoms with Crippen molar-refractivity contribution in [2.75, 3.05) is 6.54 Å². The summed E-state index contributed by atoms with van der Waals surface area (Å²) in [6.45, 7) is 0.428. The van der Waals surface area contributed by atoms with Crippen molar-refractivity contribution in [1.82, 2.24) is 0 Å². The minimum Gasteiger partial charge on any atom is -0.330 e. The van der Waals surface area contributed by atoms with Crippen LogP contribution >= 0.6 is 0 Å². The molecule has 106 valence electrons. The Bertz CT molecular complexity index is 606. The van der Waals surface area contributed by atoms with E-state index in [1.54, 1.807) is 0 Å². The van der Waals surface area contributed by atoms with Gasteiger partial charge in [0.15, 0.2) is 0 Å². The average Bonchev–Trinajstić information content (AvgIpc) is 2.48. The first-order valence-electron chi connectivity index (χ1n) is 7.13. The predicted octanol–water partition coefficient (Wildman–Crippen LogP) is 4.25. The van der Waals surface area contributed by atoms with Crippen molar-refractivity contribution >= 4 is 10.8 Å². The molecule has 0 bridgehead atoms. The lowest BCUT2D eigenvalue weighted by Crippen LogP contribution is -2.42. The molecule has 1 aliphatic carbocycles. The zero-order valence-electron chi connectivity index (χ0n) is 11.4. The number of hydrogen-bond donors (Lipinski definition) is 1. The van der Waals surface area contributed by atoms with Gasteiger partial charge in [-0.2, -0.15) is 0 Å². The van der Waals surface area contributed by atoms with E-state index >= 15 is 0 Å². The van der Waals surface area contributed by atoms with E-state index in [1.807, 2.05) is 18.2 Å². The van der Waals surface area contributed by atoms with Gasteiger partial charge in [0.05, 0.1) is 0 Å². The summed E-state index contributed by atoms with van der Waals surface area (Å²) in [6, 6.07) is 14.2. The molecule has 3 heteroatoms. The number of fused-ring (bicyclic) bond motifs is 1. The van der Waals surface area contributed by atoms with Crippen LogP contribution in [0.1, 0.15) is 31.2 Å². The van der Waals surface area contributed by atoms with Crippen molar-refractivity contribution in [3.63, 3.8) is 0 Å². The van der Waals surface area contributed by atoms with Gasteiger partial charge in [-0.25, -0.2) is 8.78 Å². The van der Waals surface area contributed by atoms with E-state index in [0.29, 0.717) is 19.4 Å². The van der Waals surface area contributed by atoms with E-state index in [9.17, 15) is 8.78 Å². The SMILES string of the molecule is NCC1(c2cccc3ccccc23)CCC(F)(F)CC1. The molecule has 0 aromatic heterocycles. The number of benzene rings is 2. The molecule has 0 aliphatic heterocycles. The molecular weight excluding hydrogens is 256 g/mol. The molecule has 0 amide bonds. The van der Waals surface area contributed by atoms with Crippen molar-refractivity contribution in [2.24, 2.45) is 5.73 Å². The van der Waals surface area contributed by atoms with Crippen LogP contribution in [0.25, 0.3) is 10.8 Å². The van der Waals surface area contributed by atoms with E-state index in [1.165, 1.54) is 0 Å². The van der Waals surface area contributed by atoms with Gasteiger partial charge in [0.1, 0.15) is 0 Å². The van der Waals surface area contributed by atoms with Gasteiger partial charge in [0, 0.05) is 24.8 Å². The quantitative estimate of drug-likeness (QED) is 0.871. The third-order valence-corrected chi connectivity index (χ3v) is 4.69. The van der Waals surface area contributed by atoms with Crippen LogP contribution in [0, 0.1) is 0 Å². The van der Waals surface area contributed by atoms with Crippen LogP contribution in [0.3, 0.4) is 0 Å². The first-order chi connectivity index (χ1) is 9.56. The molecule has 0 saturated heterocycles. The lowest BCUT2D eigenvalue weighted by atomic mass is 9.67. The van der Waals surface area contributed by atoms with Crippen molar-refractivity contribution in [1.29, 1.82) is 0 Å². The fourth-order valence-corrected chi connectivity index (χ4v) is 3.37. The highest BCUT2D eigenvalue weighted by atomic mass is 19.3. The van der Waals surface area contributed by atoms with Crippen LogP contribution in [0.5, 0.6) is 0 Å². The first-order valence-corrected chi connectivity index (χ1v) is 7.13. The van der Waals surface area contributed by atoms with Crippen LogP contribution in [-0.2, 0) is 5.41 Å². The highest BCUT2D eigenvalue weighted by Gasteiger charge is 2.44. The maximum atomic E-state index is 13.5. The van der Waals surface area contributed by atoms with Crippen molar-refractivity contribution in [3.05, 3.63) is 48.0 Å². The molecule has 3 rings (SSSR count). The van der Waals surface area contributed by atoms with Gasteiger partial charge >= 0.3 is 0 Å². The molecule has 0 heterocycles. The van der Waals surface area contributed by atoms with Gasteiger partial charge < -0.3 is 5.73 Å². The van der Waals surface area contributed by atoms with Gasteiger partial charge in [-0.15, -0.1) is 0 Å². The van der Waals surface area contributed by atoms with Crippen LogP contribution in [-0.4, -0.2) is 12.5 Å². The standard InChI is InChI=1S/C17H19F2N/c18-17(19)10-8-16(12-20,9-11-17)15-7-3-5-13-4-1-2-6-14(13)15/h1-7H,8-12,20H2. The number of hydrogen-bond acceptors (Lipinski definition) is 1. The normalized spacial score (nSPS) is 20.9. The summed E-state index contributed by atoms with van der Waals surface area (Å²) in [4.78, 5) is 0. The second-order valence-corrected chi connectivity index (χ2v) is 5.87. The first kappa shape index (κ1) is 13.5. The van der Waals surface area contributed by atoms with Crippen molar-refractivity contribution in [3.8, 4) is 0 Å². The van der Waals surface area contributed by atoms with Crippen LogP contribution in [0.2, 0.25) is 0 Å². The van der Waals surface area contributed by atoms with Crippen molar-refractivity contribution in [2.45, 2.75) is 37.0 Å². The zero-order chi connectivity index (χ0) is 14.2. The van der Waals surface area contributed by atoms with Gasteiger partial charge in [0.2, 0.25) is 5.92 Å². The summed E-state index contributed by atoms with van der Waals surface area (Å²) in [5.74, 6) is -2.52. The monoisotopic (exact) mass is 275 g/mol. The van der Waals surface area contributed by atoms with Gasteiger partial charge in [-0.3, -0.25) is 0 Å². The Morgan fingerprint density at radius 3 is 2.25 bits per heavy atom. The molecule has 0 spiro atoms. The third-order valence-electron chi connectivity index (χ3n) is 4.69. The Balaban J connectivity index is 2.08. The van der Waals surface area contributed by atoms with Gasteiger partial charge in [-0.05, 0) is 29.2 Å². The van der Waals surface area contributed by atoms with Crippen LogP contribution in [0.4, 0.5) is 8.78 Å². The van der Waals surface area contributed by atoms with E-state index < -0.39 is 5.92 Å². The molecule has 2 aromatic carbocycles. The Hall–Kier alpha value is -1.48. The third kappa shape index (κ3) is 2.20. The van der Waals surface area contributed by atoms with Crippen LogP contribution < -0.4 is 5.73 Å². The van der Waals surface area contributed by atoms with Crippen molar-refractivity contribution < 1.29 is 8.78 Å². The van der Waals surface area contributed by atoms with E-state index in [-0.39, 0.29) is 18.3 Å². The predicted molar refractivity (Wildman–Crippen MR) is 78.1 cm³/mol. The molecule has 0 atom stereocenters. The molecule has 1 fully saturated rings. The molecule has 2 N–H and O–H groups in total. The summed E-state index contributed by atoms with van der Waals surface area (Å²) < 4.78 is 26.9.